The maximum atomic E-state index is 8.92. The lowest BCUT2D eigenvalue weighted by Gasteiger charge is -2.02. The van der Waals surface area contributed by atoms with E-state index in [2.05, 4.69) is 16.0 Å². The lowest BCUT2D eigenvalue weighted by atomic mass is 10.0. The van der Waals surface area contributed by atoms with Gasteiger partial charge in [0.05, 0.1) is 11.6 Å². The molecule has 0 saturated carbocycles. The zero-order valence-corrected chi connectivity index (χ0v) is 8.09. The minimum atomic E-state index is 0.699. The molecule has 0 aliphatic heterocycles. The van der Waals surface area contributed by atoms with Crippen LogP contribution in [0.4, 0.5) is 0 Å². The average Bonchev–Trinajstić information content (AvgIpc) is 2.31. The van der Waals surface area contributed by atoms with Crippen LogP contribution in [0, 0.1) is 11.3 Å². The SMILES string of the molecule is N#Cc1ccccc1Cc1cncnc1. The molecule has 0 amide bonds. The first-order chi connectivity index (χ1) is 7.40. The van der Waals surface area contributed by atoms with E-state index in [0.29, 0.717) is 12.0 Å². The van der Waals surface area contributed by atoms with Crippen molar-refractivity contribution in [3.63, 3.8) is 0 Å². The van der Waals surface area contributed by atoms with Gasteiger partial charge in [0.25, 0.3) is 0 Å². The van der Waals surface area contributed by atoms with Crippen LogP contribution in [0.25, 0.3) is 0 Å². The Kier molecular flexibility index (Phi) is 2.70. The first-order valence-electron chi connectivity index (χ1n) is 4.62. The van der Waals surface area contributed by atoms with E-state index in [1.54, 1.807) is 12.4 Å². The fraction of sp³-hybridized carbons (Fsp3) is 0.0833. The fourth-order valence-corrected chi connectivity index (χ4v) is 1.42. The van der Waals surface area contributed by atoms with Crippen molar-refractivity contribution in [1.29, 1.82) is 5.26 Å². The summed E-state index contributed by atoms with van der Waals surface area (Å²) in [4.78, 5) is 7.88. The highest BCUT2D eigenvalue weighted by atomic mass is 14.8. The molecular weight excluding hydrogens is 186 g/mol. The highest BCUT2D eigenvalue weighted by Gasteiger charge is 2.01. The van der Waals surface area contributed by atoms with Gasteiger partial charge in [-0.1, -0.05) is 18.2 Å². The minimum absolute atomic E-state index is 0.699. The molecule has 72 valence electrons. The molecule has 2 aromatic rings. The van der Waals surface area contributed by atoms with Gasteiger partial charge >= 0.3 is 0 Å². The van der Waals surface area contributed by atoms with Gasteiger partial charge in [0.15, 0.2) is 0 Å². The van der Waals surface area contributed by atoms with Gasteiger partial charge in [-0.25, -0.2) is 9.97 Å². The monoisotopic (exact) mass is 195 g/mol. The van der Waals surface area contributed by atoms with E-state index < -0.39 is 0 Å². The van der Waals surface area contributed by atoms with Crippen molar-refractivity contribution in [2.75, 3.05) is 0 Å². The third-order valence-corrected chi connectivity index (χ3v) is 2.15. The van der Waals surface area contributed by atoms with E-state index in [4.69, 9.17) is 5.26 Å². The van der Waals surface area contributed by atoms with Crippen LogP contribution in [0.3, 0.4) is 0 Å². The van der Waals surface area contributed by atoms with Gasteiger partial charge < -0.3 is 0 Å². The van der Waals surface area contributed by atoms with Crippen molar-refractivity contribution >= 4 is 0 Å². The number of rotatable bonds is 2. The Hall–Kier alpha value is -2.21. The summed E-state index contributed by atoms with van der Waals surface area (Å²) in [6.45, 7) is 0. The summed E-state index contributed by atoms with van der Waals surface area (Å²) < 4.78 is 0. The van der Waals surface area contributed by atoms with Crippen LogP contribution in [-0.2, 0) is 6.42 Å². The van der Waals surface area contributed by atoms with E-state index in [1.807, 2.05) is 24.3 Å². The third kappa shape index (κ3) is 2.18. The van der Waals surface area contributed by atoms with Crippen molar-refractivity contribution in [2.24, 2.45) is 0 Å². The zero-order chi connectivity index (χ0) is 10.5. The van der Waals surface area contributed by atoms with Gasteiger partial charge in [-0.3, -0.25) is 0 Å². The van der Waals surface area contributed by atoms with Crippen LogP contribution in [0.2, 0.25) is 0 Å². The molecule has 0 bridgehead atoms. The van der Waals surface area contributed by atoms with Crippen molar-refractivity contribution in [2.45, 2.75) is 6.42 Å². The lowest BCUT2D eigenvalue weighted by Crippen LogP contribution is -1.93. The molecule has 0 radical (unpaired) electrons. The van der Waals surface area contributed by atoms with Crippen molar-refractivity contribution in [3.8, 4) is 6.07 Å². The number of aromatic nitrogens is 2. The number of nitrogens with zero attached hydrogens (tertiary/aromatic N) is 3. The van der Waals surface area contributed by atoms with Crippen LogP contribution < -0.4 is 0 Å². The first kappa shape index (κ1) is 9.35. The zero-order valence-electron chi connectivity index (χ0n) is 8.09. The van der Waals surface area contributed by atoms with Gasteiger partial charge in [-0.2, -0.15) is 5.26 Å². The van der Waals surface area contributed by atoms with Crippen LogP contribution in [-0.4, -0.2) is 9.97 Å². The summed E-state index contributed by atoms with van der Waals surface area (Å²) in [6.07, 6.45) is 5.73. The second-order valence-electron chi connectivity index (χ2n) is 3.19. The highest BCUT2D eigenvalue weighted by molar-refractivity contribution is 5.39. The van der Waals surface area contributed by atoms with Gasteiger partial charge in [0.1, 0.15) is 6.33 Å². The molecule has 3 nitrogen and oxygen atoms in total. The van der Waals surface area contributed by atoms with Crippen LogP contribution in [0.5, 0.6) is 0 Å². The van der Waals surface area contributed by atoms with Crippen LogP contribution in [0.15, 0.2) is 43.0 Å². The predicted molar refractivity (Wildman–Crippen MR) is 56.0 cm³/mol. The molecule has 0 fully saturated rings. The van der Waals surface area contributed by atoms with E-state index in [1.165, 1.54) is 6.33 Å². The van der Waals surface area contributed by atoms with Gasteiger partial charge in [-0.05, 0) is 17.2 Å². The van der Waals surface area contributed by atoms with E-state index >= 15 is 0 Å². The third-order valence-electron chi connectivity index (χ3n) is 2.15. The quantitative estimate of drug-likeness (QED) is 0.735. The molecule has 2 rings (SSSR count). The minimum Gasteiger partial charge on any atom is -0.245 e. The Labute approximate surface area is 88.1 Å². The molecular formula is C12H9N3. The Bertz CT molecular complexity index is 486. The summed E-state index contributed by atoms with van der Waals surface area (Å²) in [5, 5.41) is 8.92. The maximum absolute atomic E-state index is 8.92. The summed E-state index contributed by atoms with van der Waals surface area (Å²) in [5.74, 6) is 0. The first-order valence-corrected chi connectivity index (χ1v) is 4.62. The predicted octanol–water partition coefficient (Wildman–Crippen LogP) is 1.94. The second kappa shape index (κ2) is 4.34. The van der Waals surface area contributed by atoms with E-state index in [0.717, 1.165) is 11.1 Å². The smallest absolute Gasteiger partial charge is 0.115 e. The van der Waals surface area contributed by atoms with E-state index in [9.17, 15) is 0 Å². The molecule has 0 spiro atoms. The maximum Gasteiger partial charge on any atom is 0.115 e. The van der Waals surface area contributed by atoms with Gasteiger partial charge in [0.2, 0.25) is 0 Å². The molecule has 1 heterocycles. The average molecular weight is 195 g/mol. The molecule has 0 aliphatic rings. The lowest BCUT2D eigenvalue weighted by molar-refractivity contribution is 1.07. The van der Waals surface area contributed by atoms with Crippen LogP contribution >= 0.6 is 0 Å². The summed E-state index contributed by atoms with van der Waals surface area (Å²) in [6, 6.07) is 9.74. The standard InChI is InChI=1S/C12H9N3/c13-6-12-4-2-1-3-11(12)5-10-7-14-9-15-8-10/h1-4,7-9H,5H2. The molecule has 0 saturated heterocycles. The van der Waals surface area contributed by atoms with Crippen molar-refractivity contribution in [1.82, 2.24) is 9.97 Å². The Morgan fingerprint density at radius 3 is 2.60 bits per heavy atom. The number of hydrogen-bond acceptors (Lipinski definition) is 3. The van der Waals surface area contributed by atoms with Crippen molar-refractivity contribution in [3.05, 3.63) is 59.7 Å². The number of hydrogen-bond donors (Lipinski definition) is 0. The summed E-state index contributed by atoms with van der Waals surface area (Å²) in [5.41, 5.74) is 2.73. The molecule has 0 unspecified atom stereocenters. The number of nitriles is 1. The molecule has 15 heavy (non-hydrogen) atoms. The molecule has 0 N–H and O–H groups in total. The Balaban J connectivity index is 2.29. The fourth-order valence-electron chi connectivity index (χ4n) is 1.42. The largest absolute Gasteiger partial charge is 0.245 e. The van der Waals surface area contributed by atoms with Crippen LogP contribution in [0.1, 0.15) is 16.7 Å². The summed E-state index contributed by atoms with van der Waals surface area (Å²) in [7, 11) is 0. The topological polar surface area (TPSA) is 49.6 Å². The molecule has 1 aromatic carbocycles. The molecule has 3 heteroatoms. The number of benzene rings is 1. The molecule has 0 atom stereocenters. The summed E-state index contributed by atoms with van der Waals surface area (Å²) >= 11 is 0. The Morgan fingerprint density at radius 1 is 1.13 bits per heavy atom. The highest BCUT2D eigenvalue weighted by Crippen LogP contribution is 2.11. The normalized spacial score (nSPS) is 9.53. The van der Waals surface area contributed by atoms with Gasteiger partial charge in [-0.15, -0.1) is 0 Å². The Morgan fingerprint density at radius 2 is 1.87 bits per heavy atom. The van der Waals surface area contributed by atoms with E-state index in [-0.39, 0.29) is 0 Å². The molecule has 0 aliphatic carbocycles. The van der Waals surface area contributed by atoms with Gasteiger partial charge in [0, 0.05) is 18.8 Å². The second-order valence-corrected chi connectivity index (χ2v) is 3.19. The molecule has 1 aromatic heterocycles. The van der Waals surface area contributed by atoms with Crippen molar-refractivity contribution < 1.29 is 0 Å².